The van der Waals surface area contributed by atoms with E-state index in [1.807, 2.05) is 20.8 Å². The number of carbonyl (C=O) groups is 1. The molecular formula is C18H17N3O3S2. The number of aryl methyl sites for hydroxylation is 4. The largest absolute Gasteiger partial charge is 0.293 e. The summed E-state index contributed by atoms with van der Waals surface area (Å²) in [6.07, 6.45) is 0. The van der Waals surface area contributed by atoms with Crippen LogP contribution in [0.25, 0.3) is 10.2 Å². The van der Waals surface area contributed by atoms with Crippen LogP contribution in [0.5, 0.6) is 0 Å². The summed E-state index contributed by atoms with van der Waals surface area (Å²) in [7, 11) is 0. The van der Waals surface area contributed by atoms with E-state index in [9.17, 15) is 14.9 Å². The SMILES string of the molecule is Cc1nc(SCC(=O)c2ccc(C)c([N+](=O)[O-])c2)c2c(C)c(C)sc2n1. The van der Waals surface area contributed by atoms with Crippen LogP contribution >= 0.6 is 23.1 Å². The lowest BCUT2D eigenvalue weighted by Crippen LogP contribution is -2.05. The molecule has 8 heteroatoms. The van der Waals surface area contributed by atoms with Gasteiger partial charge in [0.25, 0.3) is 5.69 Å². The number of hydrogen-bond acceptors (Lipinski definition) is 7. The number of fused-ring (bicyclic) bond motifs is 1. The second-order valence-corrected chi connectivity index (χ2v) is 8.18. The number of thiophene rings is 1. The quantitative estimate of drug-likeness (QED) is 0.205. The van der Waals surface area contributed by atoms with Crippen molar-refractivity contribution in [2.45, 2.75) is 32.7 Å². The normalized spacial score (nSPS) is 11.1. The minimum absolute atomic E-state index is 0.0366. The molecule has 0 saturated heterocycles. The van der Waals surface area contributed by atoms with E-state index in [4.69, 9.17) is 0 Å². The van der Waals surface area contributed by atoms with Gasteiger partial charge in [0.1, 0.15) is 15.7 Å². The number of rotatable bonds is 5. The van der Waals surface area contributed by atoms with Crippen LogP contribution < -0.4 is 0 Å². The maximum absolute atomic E-state index is 12.5. The number of ketones is 1. The third-order valence-electron chi connectivity index (χ3n) is 4.18. The van der Waals surface area contributed by atoms with Crippen LogP contribution in [-0.2, 0) is 0 Å². The second-order valence-electron chi connectivity index (χ2n) is 6.01. The molecule has 6 nitrogen and oxygen atoms in total. The van der Waals surface area contributed by atoms with Gasteiger partial charge in [0.15, 0.2) is 5.78 Å². The first-order valence-electron chi connectivity index (χ1n) is 7.93. The molecule has 0 spiro atoms. The Hall–Kier alpha value is -2.32. The third kappa shape index (κ3) is 3.47. The van der Waals surface area contributed by atoms with Crippen molar-refractivity contribution in [3.8, 4) is 0 Å². The van der Waals surface area contributed by atoms with Crippen molar-refractivity contribution in [1.29, 1.82) is 0 Å². The van der Waals surface area contributed by atoms with Crippen molar-refractivity contribution < 1.29 is 9.72 Å². The van der Waals surface area contributed by atoms with Gasteiger partial charge in [-0.05, 0) is 33.3 Å². The maximum Gasteiger partial charge on any atom is 0.273 e. The molecule has 0 aliphatic heterocycles. The molecule has 2 heterocycles. The topological polar surface area (TPSA) is 86.0 Å². The average Bonchev–Trinajstić information content (AvgIpc) is 2.86. The molecule has 3 rings (SSSR count). The Bertz CT molecular complexity index is 1040. The van der Waals surface area contributed by atoms with Crippen molar-refractivity contribution in [3.05, 3.63) is 55.7 Å². The molecule has 0 radical (unpaired) electrons. The van der Waals surface area contributed by atoms with Crippen LogP contribution in [0.1, 0.15) is 32.2 Å². The summed E-state index contributed by atoms with van der Waals surface area (Å²) < 4.78 is 0. The monoisotopic (exact) mass is 387 g/mol. The Morgan fingerprint density at radius 3 is 2.65 bits per heavy atom. The molecule has 0 unspecified atom stereocenters. The minimum atomic E-state index is -0.464. The average molecular weight is 387 g/mol. The predicted molar refractivity (Wildman–Crippen MR) is 105 cm³/mol. The van der Waals surface area contributed by atoms with Crippen molar-refractivity contribution in [2.24, 2.45) is 0 Å². The van der Waals surface area contributed by atoms with Gasteiger partial charge in [-0.1, -0.05) is 23.9 Å². The van der Waals surface area contributed by atoms with Gasteiger partial charge in [0.2, 0.25) is 0 Å². The molecule has 0 aliphatic carbocycles. The van der Waals surface area contributed by atoms with E-state index in [1.54, 1.807) is 30.4 Å². The highest BCUT2D eigenvalue weighted by Gasteiger charge is 2.18. The van der Waals surface area contributed by atoms with Gasteiger partial charge in [-0.25, -0.2) is 9.97 Å². The molecule has 26 heavy (non-hydrogen) atoms. The molecule has 0 saturated carbocycles. The zero-order chi connectivity index (χ0) is 19.0. The van der Waals surface area contributed by atoms with Gasteiger partial charge in [-0.15, -0.1) is 11.3 Å². The van der Waals surface area contributed by atoms with Crippen LogP contribution in [0.3, 0.4) is 0 Å². The molecule has 0 amide bonds. The number of aromatic nitrogens is 2. The summed E-state index contributed by atoms with van der Waals surface area (Å²) in [4.78, 5) is 34.2. The fourth-order valence-corrected chi connectivity index (χ4v) is 4.78. The van der Waals surface area contributed by atoms with E-state index in [0.717, 1.165) is 20.8 Å². The number of hydrogen-bond donors (Lipinski definition) is 0. The van der Waals surface area contributed by atoms with E-state index in [2.05, 4.69) is 9.97 Å². The predicted octanol–water partition coefficient (Wildman–Crippen LogP) is 4.81. The standard InChI is InChI=1S/C18H17N3O3S2/c1-9-5-6-13(7-14(9)21(23)24)15(22)8-25-17-16-10(2)11(3)26-18(16)20-12(4)19-17/h5-7H,8H2,1-4H3. The maximum atomic E-state index is 12.5. The fraction of sp³-hybridized carbons (Fsp3) is 0.278. The van der Waals surface area contributed by atoms with Crippen LogP contribution in [0.15, 0.2) is 23.2 Å². The Labute approximate surface area is 158 Å². The lowest BCUT2D eigenvalue weighted by atomic mass is 10.1. The summed E-state index contributed by atoms with van der Waals surface area (Å²) in [5.74, 6) is 0.673. The number of thioether (sulfide) groups is 1. The van der Waals surface area contributed by atoms with Crippen LogP contribution in [-0.4, -0.2) is 26.4 Å². The third-order valence-corrected chi connectivity index (χ3v) is 6.25. The van der Waals surface area contributed by atoms with E-state index >= 15 is 0 Å². The summed E-state index contributed by atoms with van der Waals surface area (Å²) in [5.41, 5.74) is 1.98. The van der Waals surface area contributed by atoms with Gasteiger partial charge in [0, 0.05) is 27.5 Å². The molecule has 0 N–H and O–H groups in total. The number of nitro benzene ring substituents is 1. The number of benzene rings is 1. The van der Waals surface area contributed by atoms with E-state index in [0.29, 0.717) is 17.0 Å². The smallest absolute Gasteiger partial charge is 0.273 e. The zero-order valence-corrected chi connectivity index (χ0v) is 16.5. The molecule has 1 aromatic carbocycles. The first kappa shape index (κ1) is 18.5. The Balaban J connectivity index is 1.88. The highest BCUT2D eigenvalue weighted by molar-refractivity contribution is 8.00. The highest BCUT2D eigenvalue weighted by atomic mass is 32.2. The van der Waals surface area contributed by atoms with Gasteiger partial charge in [0.05, 0.1) is 10.7 Å². The van der Waals surface area contributed by atoms with Crippen molar-refractivity contribution >= 4 is 44.8 Å². The molecule has 0 atom stereocenters. The molecule has 0 bridgehead atoms. The number of Topliss-reactive ketones (excluding diaryl/α,β-unsaturated/α-hetero) is 1. The van der Waals surface area contributed by atoms with Gasteiger partial charge < -0.3 is 0 Å². The van der Waals surface area contributed by atoms with Crippen LogP contribution in [0.2, 0.25) is 0 Å². The number of carbonyl (C=O) groups excluding carboxylic acids is 1. The molecule has 134 valence electrons. The highest BCUT2D eigenvalue weighted by Crippen LogP contribution is 2.35. The summed E-state index contributed by atoms with van der Waals surface area (Å²) in [6.45, 7) is 7.56. The second kappa shape index (κ2) is 7.13. The minimum Gasteiger partial charge on any atom is -0.293 e. The Kier molecular flexibility index (Phi) is 5.06. The van der Waals surface area contributed by atoms with E-state index < -0.39 is 4.92 Å². The fourth-order valence-electron chi connectivity index (χ4n) is 2.62. The lowest BCUT2D eigenvalue weighted by Gasteiger charge is -2.06. The number of nitrogens with zero attached hydrogens (tertiary/aromatic N) is 3. The molecule has 2 aromatic heterocycles. The summed E-state index contributed by atoms with van der Waals surface area (Å²) in [5, 5.41) is 12.8. The zero-order valence-electron chi connectivity index (χ0n) is 14.8. The van der Waals surface area contributed by atoms with Crippen LogP contribution in [0, 0.1) is 37.8 Å². The molecule has 0 aliphatic rings. The van der Waals surface area contributed by atoms with E-state index in [1.165, 1.54) is 22.7 Å². The molecule has 0 fully saturated rings. The van der Waals surface area contributed by atoms with Crippen LogP contribution in [0.4, 0.5) is 5.69 Å². The van der Waals surface area contributed by atoms with Crippen molar-refractivity contribution in [1.82, 2.24) is 9.97 Å². The summed E-state index contributed by atoms with van der Waals surface area (Å²) >= 11 is 2.97. The van der Waals surface area contributed by atoms with E-state index in [-0.39, 0.29) is 17.2 Å². The lowest BCUT2D eigenvalue weighted by molar-refractivity contribution is -0.385. The Morgan fingerprint density at radius 2 is 1.96 bits per heavy atom. The first-order chi connectivity index (χ1) is 12.3. The van der Waals surface area contributed by atoms with Gasteiger partial charge >= 0.3 is 0 Å². The first-order valence-corrected chi connectivity index (χ1v) is 9.73. The van der Waals surface area contributed by atoms with Gasteiger partial charge in [-0.2, -0.15) is 0 Å². The van der Waals surface area contributed by atoms with Crippen molar-refractivity contribution in [2.75, 3.05) is 5.75 Å². The summed E-state index contributed by atoms with van der Waals surface area (Å²) in [6, 6.07) is 4.58. The molecule has 3 aromatic rings. The number of nitro groups is 1. The van der Waals surface area contributed by atoms with Crippen molar-refractivity contribution in [3.63, 3.8) is 0 Å². The Morgan fingerprint density at radius 1 is 1.23 bits per heavy atom. The molecular weight excluding hydrogens is 370 g/mol. The van der Waals surface area contributed by atoms with Gasteiger partial charge in [-0.3, -0.25) is 14.9 Å².